The summed E-state index contributed by atoms with van der Waals surface area (Å²) in [7, 11) is 0. The summed E-state index contributed by atoms with van der Waals surface area (Å²) in [6, 6.07) is 0. The van der Waals surface area contributed by atoms with Crippen LogP contribution < -0.4 is 0 Å². The Bertz CT molecular complexity index is 97.6. The molecule has 0 aromatic carbocycles. The molecule has 62 valence electrons. The predicted octanol–water partition coefficient (Wildman–Crippen LogP) is 2.81. The van der Waals surface area contributed by atoms with Crippen molar-refractivity contribution in [3.8, 4) is 0 Å². The fourth-order valence-electron chi connectivity index (χ4n) is 0.301. The van der Waals surface area contributed by atoms with Crippen LogP contribution in [0.3, 0.4) is 0 Å². The highest BCUT2D eigenvalue weighted by Crippen LogP contribution is 2.27. The number of ether oxygens (including phenoxy) is 1. The molecule has 0 aliphatic heterocycles. The Balaban J connectivity index is 3.63. The molecule has 0 saturated heterocycles. The van der Waals surface area contributed by atoms with Crippen molar-refractivity contribution in [2.24, 2.45) is 0 Å². The van der Waals surface area contributed by atoms with Crippen molar-refractivity contribution >= 4 is 23.2 Å². The second kappa shape index (κ2) is 4.31. The summed E-state index contributed by atoms with van der Waals surface area (Å²) in [5, 5.41) is 0. The minimum atomic E-state index is -3.42. The van der Waals surface area contributed by atoms with Gasteiger partial charge in [-0.05, 0) is 6.42 Å². The van der Waals surface area contributed by atoms with Gasteiger partial charge in [-0.2, -0.15) is 8.78 Å². The Morgan fingerprint density at radius 1 is 1.50 bits per heavy atom. The molecule has 1 nitrogen and oxygen atoms in total. The van der Waals surface area contributed by atoms with Gasteiger partial charge in [0.05, 0.1) is 6.61 Å². The lowest BCUT2D eigenvalue weighted by Crippen LogP contribution is -2.28. The van der Waals surface area contributed by atoms with E-state index in [9.17, 15) is 8.78 Å². The van der Waals surface area contributed by atoms with E-state index in [4.69, 9.17) is 23.2 Å². The van der Waals surface area contributed by atoms with Crippen LogP contribution in [0.15, 0.2) is 0 Å². The first kappa shape index (κ1) is 10.4. The van der Waals surface area contributed by atoms with E-state index in [1.807, 2.05) is 0 Å². The van der Waals surface area contributed by atoms with Crippen molar-refractivity contribution in [1.82, 2.24) is 0 Å². The summed E-state index contributed by atoms with van der Waals surface area (Å²) in [5.41, 5.74) is 0. The van der Waals surface area contributed by atoms with Crippen molar-refractivity contribution in [3.63, 3.8) is 0 Å². The summed E-state index contributed by atoms with van der Waals surface area (Å²) >= 11 is 9.79. The van der Waals surface area contributed by atoms with Gasteiger partial charge >= 0.3 is 6.11 Å². The van der Waals surface area contributed by atoms with Gasteiger partial charge in [0, 0.05) is 0 Å². The molecule has 0 amide bonds. The lowest BCUT2D eigenvalue weighted by atomic mass is 10.5. The molecule has 0 unspecified atom stereocenters. The minimum absolute atomic E-state index is 0.0387. The van der Waals surface area contributed by atoms with E-state index in [1.54, 1.807) is 6.92 Å². The Morgan fingerprint density at radius 3 is 2.30 bits per heavy atom. The maximum Gasteiger partial charge on any atom is 0.385 e. The zero-order valence-electron chi connectivity index (χ0n) is 5.41. The highest BCUT2D eigenvalue weighted by atomic mass is 35.5. The summed E-state index contributed by atoms with van der Waals surface area (Å²) in [5.74, 6) is 0. The molecule has 0 aliphatic carbocycles. The van der Waals surface area contributed by atoms with Gasteiger partial charge in [0.2, 0.25) is 0 Å². The van der Waals surface area contributed by atoms with E-state index in [0.29, 0.717) is 6.42 Å². The number of hydrogen-bond donors (Lipinski definition) is 0. The number of rotatable bonds is 4. The zero-order valence-corrected chi connectivity index (χ0v) is 6.92. The van der Waals surface area contributed by atoms with Crippen LogP contribution in [0.1, 0.15) is 13.3 Å². The van der Waals surface area contributed by atoms with Gasteiger partial charge in [0.15, 0.2) is 4.84 Å². The molecule has 5 heteroatoms. The largest absolute Gasteiger partial charge is 0.385 e. The smallest absolute Gasteiger partial charge is 0.318 e. The highest BCUT2D eigenvalue weighted by molar-refractivity contribution is 6.44. The Kier molecular flexibility index (Phi) is 4.49. The molecule has 0 N–H and O–H groups in total. The molecule has 0 saturated carbocycles. The summed E-state index contributed by atoms with van der Waals surface area (Å²) in [6.07, 6.45) is -2.91. The third-order valence-electron chi connectivity index (χ3n) is 0.753. The van der Waals surface area contributed by atoms with Gasteiger partial charge < -0.3 is 4.74 Å². The number of halogens is 4. The monoisotopic (exact) mass is 192 g/mol. The van der Waals surface area contributed by atoms with Crippen LogP contribution in [-0.4, -0.2) is 17.6 Å². The van der Waals surface area contributed by atoms with Crippen LogP contribution in [0.25, 0.3) is 0 Å². The van der Waals surface area contributed by atoms with E-state index in [2.05, 4.69) is 4.74 Å². The molecule has 10 heavy (non-hydrogen) atoms. The second-order valence-electron chi connectivity index (χ2n) is 1.71. The minimum Gasteiger partial charge on any atom is -0.318 e. The molecule has 0 fully saturated rings. The van der Waals surface area contributed by atoms with Crippen molar-refractivity contribution in [3.05, 3.63) is 0 Å². The summed E-state index contributed by atoms with van der Waals surface area (Å²) < 4.78 is 28.5. The second-order valence-corrected chi connectivity index (χ2v) is 2.81. The molecule has 0 aromatic rings. The SMILES string of the molecule is CCCOC(F)(F)C(Cl)Cl. The lowest BCUT2D eigenvalue weighted by Gasteiger charge is -2.16. The van der Waals surface area contributed by atoms with Gasteiger partial charge in [-0.3, -0.25) is 0 Å². The average molecular weight is 193 g/mol. The average Bonchev–Trinajstić information content (AvgIpc) is 1.84. The van der Waals surface area contributed by atoms with Crippen molar-refractivity contribution in [1.29, 1.82) is 0 Å². The van der Waals surface area contributed by atoms with Crippen molar-refractivity contribution in [2.75, 3.05) is 6.61 Å². The molecule has 0 bridgehead atoms. The molecular weight excluding hydrogens is 185 g/mol. The number of alkyl halides is 4. The zero-order chi connectivity index (χ0) is 8.20. The Morgan fingerprint density at radius 2 is 2.00 bits per heavy atom. The quantitative estimate of drug-likeness (QED) is 0.623. The fourth-order valence-corrected chi connectivity index (χ4v) is 0.427. The third-order valence-corrected chi connectivity index (χ3v) is 1.26. The van der Waals surface area contributed by atoms with Crippen LogP contribution in [0.2, 0.25) is 0 Å². The van der Waals surface area contributed by atoms with Gasteiger partial charge in [-0.15, -0.1) is 0 Å². The summed E-state index contributed by atoms with van der Waals surface area (Å²) in [6.45, 7) is 1.68. The normalized spacial score (nSPS) is 12.6. The predicted molar refractivity (Wildman–Crippen MR) is 36.7 cm³/mol. The van der Waals surface area contributed by atoms with Gasteiger partial charge in [-0.1, -0.05) is 30.1 Å². The van der Waals surface area contributed by atoms with Crippen LogP contribution >= 0.6 is 23.2 Å². The van der Waals surface area contributed by atoms with E-state index < -0.39 is 10.9 Å². The Hall–Kier alpha value is 0.400. The molecular formula is C5H8Cl2F2O. The van der Waals surface area contributed by atoms with Crippen molar-refractivity contribution < 1.29 is 13.5 Å². The topological polar surface area (TPSA) is 9.23 Å². The first-order valence-corrected chi connectivity index (χ1v) is 3.68. The first-order valence-electron chi connectivity index (χ1n) is 2.80. The van der Waals surface area contributed by atoms with Gasteiger partial charge in [-0.25, -0.2) is 0 Å². The van der Waals surface area contributed by atoms with E-state index in [1.165, 1.54) is 0 Å². The van der Waals surface area contributed by atoms with E-state index in [-0.39, 0.29) is 6.61 Å². The van der Waals surface area contributed by atoms with Gasteiger partial charge in [0.25, 0.3) is 0 Å². The molecule has 0 atom stereocenters. The molecule has 0 spiro atoms. The van der Waals surface area contributed by atoms with Crippen LogP contribution in [0.5, 0.6) is 0 Å². The standard InChI is InChI=1S/C5H8Cl2F2O/c1-2-3-10-5(8,9)4(6)7/h4H,2-3H2,1H3. The molecule has 0 rings (SSSR count). The van der Waals surface area contributed by atoms with Crippen molar-refractivity contribution in [2.45, 2.75) is 24.3 Å². The number of hydrogen-bond acceptors (Lipinski definition) is 1. The van der Waals surface area contributed by atoms with E-state index in [0.717, 1.165) is 0 Å². The summed E-state index contributed by atoms with van der Waals surface area (Å²) in [4.78, 5) is -1.79. The maximum atomic E-state index is 12.2. The first-order chi connectivity index (χ1) is 4.50. The van der Waals surface area contributed by atoms with Crippen LogP contribution in [0.4, 0.5) is 8.78 Å². The molecule has 0 aliphatic rings. The van der Waals surface area contributed by atoms with Crippen LogP contribution in [0, 0.1) is 0 Å². The Labute approximate surface area is 68.3 Å². The third kappa shape index (κ3) is 3.54. The fraction of sp³-hybridized carbons (Fsp3) is 1.00. The van der Waals surface area contributed by atoms with Crippen LogP contribution in [-0.2, 0) is 4.74 Å². The van der Waals surface area contributed by atoms with Gasteiger partial charge in [0.1, 0.15) is 0 Å². The molecule has 0 aromatic heterocycles. The van der Waals surface area contributed by atoms with E-state index >= 15 is 0 Å². The highest BCUT2D eigenvalue weighted by Gasteiger charge is 2.38. The lowest BCUT2D eigenvalue weighted by molar-refractivity contribution is -0.227. The molecule has 0 heterocycles. The maximum absolute atomic E-state index is 12.2. The molecule has 0 radical (unpaired) electrons.